The summed E-state index contributed by atoms with van der Waals surface area (Å²) in [6.45, 7) is 2.25. The van der Waals surface area contributed by atoms with Gasteiger partial charge in [0.2, 0.25) is 5.78 Å². The lowest BCUT2D eigenvalue weighted by molar-refractivity contribution is -0.263. The van der Waals surface area contributed by atoms with Crippen molar-refractivity contribution in [2.24, 2.45) is 5.73 Å². The molecule has 14 heteroatoms. The lowest BCUT2D eigenvalue weighted by Crippen LogP contribution is -2.62. The molecule has 2 aromatic rings. The Morgan fingerprint density at radius 1 is 1.15 bits per heavy atom. The van der Waals surface area contributed by atoms with Crippen LogP contribution in [0.25, 0.3) is 0 Å². The van der Waals surface area contributed by atoms with Crippen molar-refractivity contribution in [1.82, 2.24) is 4.90 Å². The summed E-state index contributed by atoms with van der Waals surface area (Å²) in [6.07, 6.45) is -4.97. The molecule has 0 amide bonds. The lowest BCUT2D eigenvalue weighted by atomic mass is 9.72. The van der Waals surface area contributed by atoms with E-state index < -0.39 is 95.7 Å². The Bertz CT molecular complexity index is 1580. The van der Waals surface area contributed by atoms with Crippen LogP contribution in [0, 0.1) is 0 Å². The monoisotopic (exact) mass is 642 g/mol. The average Bonchev–Trinajstić information content (AvgIpc) is 3.05. The highest BCUT2D eigenvalue weighted by atomic mass is 16.7. The number of aromatic hydroxyl groups is 2. The number of methoxy groups -OCH3 is 1. The summed E-state index contributed by atoms with van der Waals surface area (Å²) in [5.74, 6) is -3.75. The number of nitrogens with zero attached hydrogens (tertiary/aromatic N) is 1. The molecular formula is C32H38N2O12. The van der Waals surface area contributed by atoms with Gasteiger partial charge >= 0.3 is 0 Å². The number of aliphatic hydroxyl groups excluding tert-OH is 2. The Morgan fingerprint density at radius 3 is 2.59 bits per heavy atom. The van der Waals surface area contributed by atoms with Crippen molar-refractivity contribution in [1.29, 1.82) is 0 Å². The molecule has 7 N–H and O–H groups in total. The van der Waals surface area contributed by atoms with E-state index in [-0.39, 0.29) is 47.0 Å². The molecule has 0 aromatic heterocycles. The Kier molecular flexibility index (Phi) is 8.67. The molecule has 2 saturated heterocycles. The molecular weight excluding hydrogens is 604 g/mol. The number of phenols is 2. The number of nitrogens with two attached hydrogens (primary N) is 1. The maximum absolute atomic E-state index is 13.9. The standard InChI is InChI=1S/C32H38N2O12/c1-14-27(37)18(34-6-7-44-13-15(34)11-33)8-22(45-14)46-20-10-32(42,21(36)12-35)9-17-24(20)31(41)26-25(29(17)39)28(38)16-4-3-5-19(43-2)23(16)30(26)40/h3-5,14-15,18,20,22,27,35,37,39,41-42H,6-13,33H2,1-2H3/t14-,15-,18-,20-,22-,27+,32-/m0/s1. The van der Waals surface area contributed by atoms with Crippen molar-refractivity contribution in [3.05, 3.63) is 51.6 Å². The number of phenolic OH excluding ortho intramolecular Hbond substituents is 2. The summed E-state index contributed by atoms with van der Waals surface area (Å²) >= 11 is 0. The molecule has 46 heavy (non-hydrogen) atoms. The fourth-order valence-electron chi connectivity index (χ4n) is 7.33. The fraction of sp³-hybridized carbons (Fsp3) is 0.531. The number of ether oxygens (including phenoxy) is 4. The van der Waals surface area contributed by atoms with Crippen LogP contribution in [0.3, 0.4) is 0 Å². The van der Waals surface area contributed by atoms with Gasteiger partial charge in [0.25, 0.3) is 0 Å². The molecule has 7 atom stereocenters. The Balaban J connectivity index is 1.44. The predicted molar refractivity (Wildman–Crippen MR) is 158 cm³/mol. The molecule has 2 aliphatic carbocycles. The normalized spacial score (nSPS) is 31.2. The van der Waals surface area contributed by atoms with Crippen LogP contribution in [0.5, 0.6) is 17.2 Å². The second-order valence-corrected chi connectivity index (χ2v) is 12.3. The van der Waals surface area contributed by atoms with Crippen molar-refractivity contribution >= 4 is 17.3 Å². The number of hydrogen-bond acceptors (Lipinski definition) is 14. The summed E-state index contributed by atoms with van der Waals surface area (Å²) in [5, 5.41) is 55.6. The minimum absolute atomic E-state index is 0.0510. The van der Waals surface area contributed by atoms with Gasteiger partial charge in [0.05, 0.1) is 55.3 Å². The van der Waals surface area contributed by atoms with Crippen molar-refractivity contribution in [3.63, 3.8) is 0 Å². The highest BCUT2D eigenvalue weighted by Crippen LogP contribution is 2.52. The van der Waals surface area contributed by atoms with Crippen molar-refractivity contribution in [3.8, 4) is 17.2 Å². The Labute approximate surface area is 264 Å². The zero-order chi connectivity index (χ0) is 33.1. The number of Topliss-reactive ketones (excluding diaryl/α,β-unsaturated/α-hetero) is 1. The number of hydrogen-bond donors (Lipinski definition) is 6. The van der Waals surface area contributed by atoms with Crippen LogP contribution in [-0.4, -0.2) is 124 Å². The summed E-state index contributed by atoms with van der Waals surface area (Å²) in [7, 11) is 1.33. The van der Waals surface area contributed by atoms with Gasteiger partial charge in [-0.3, -0.25) is 19.3 Å². The van der Waals surface area contributed by atoms with Crippen LogP contribution in [0.4, 0.5) is 0 Å². The fourth-order valence-corrected chi connectivity index (χ4v) is 7.33. The highest BCUT2D eigenvalue weighted by Gasteiger charge is 2.51. The molecule has 2 fully saturated rings. The van der Waals surface area contributed by atoms with Crippen LogP contribution >= 0.6 is 0 Å². The maximum atomic E-state index is 13.9. The molecule has 2 aliphatic heterocycles. The first-order valence-electron chi connectivity index (χ1n) is 15.2. The van der Waals surface area contributed by atoms with Crippen LogP contribution in [0.1, 0.15) is 68.8 Å². The van der Waals surface area contributed by atoms with Gasteiger partial charge in [-0.05, 0) is 13.0 Å². The Morgan fingerprint density at radius 2 is 1.89 bits per heavy atom. The van der Waals surface area contributed by atoms with Crippen LogP contribution < -0.4 is 10.5 Å². The maximum Gasteiger partial charge on any atom is 0.202 e. The largest absolute Gasteiger partial charge is 0.507 e. The number of morpholine rings is 1. The molecule has 0 unspecified atom stereocenters. The second kappa shape index (κ2) is 12.3. The van der Waals surface area contributed by atoms with Crippen molar-refractivity contribution in [2.45, 2.75) is 68.5 Å². The molecule has 6 rings (SSSR count). The number of benzene rings is 2. The van der Waals surface area contributed by atoms with E-state index in [1.807, 2.05) is 4.90 Å². The van der Waals surface area contributed by atoms with Crippen LogP contribution in [0.2, 0.25) is 0 Å². The second-order valence-electron chi connectivity index (χ2n) is 12.3. The van der Waals surface area contributed by atoms with Gasteiger partial charge in [0.15, 0.2) is 17.9 Å². The minimum atomic E-state index is -2.26. The first-order valence-corrected chi connectivity index (χ1v) is 15.2. The molecule has 0 saturated carbocycles. The third-order valence-corrected chi connectivity index (χ3v) is 9.70. The number of carbonyl (C=O) groups is 3. The molecule has 14 nitrogen and oxygen atoms in total. The van der Waals surface area contributed by atoms with E-state index >= 15 is 0 Å². The first kappa shape index (κ1) is 32.5. The predicted octanol–water partition coefficient (Wildman–Crippen LogP) is -0.298. The molecule has 2 aromatic carbocycles. The highest BCUT2D eigenvalue weighted by molar-refractivity contribution is 6.31. The quantitative estimate of drug-likeness (QED) is 0.182. The van der Waals surface area contributed by atoms with Crippen molar-refractivity contribution in [2.75, 3.05) is 40.0 Å². The zero-order valence-corrected chi connectivity index (χ0v) is 25.5. The number of ketones is 3. The smallest absolute Gasteiger partial charge is 0.202 e. The number of fused-ring (bicyclic) bond motifs is 3. The van der Waals surface area contributed by atoms with E-state index in [0.29, 0.717) is 19.8 Å². The van der Waals surface area contributed by atoms with Gasteiger partial charge in [-0.1, -0.05) is 12.1 Å². The molecule has 0 spiro atoms. The summed E-state index contributed by atoms with van der Waals surface area (Å²) in [5.41, 5.74) is 2.37. The minimum Gasteiger partial charge on any atom is -0.507 e. The van der Waals surface area contributed by atoms with Crippen LogP contribution in [0.15, 0.2) is 18.2 Å². The number of aliphatic hydroxyl groups is 3. The van der Waals surface area contributed by atoms with Crippen molar-refractivity contribution < 1.29 is 58.9 Å². The zero-order valence-electron chi connectivity index (χ0n) is 25.5. The average molecular weight is 643 g/mol. The van der Waals surface area contributed by atoms with Gasteiger partial charge in [-0.15, -0.1) is 0 Å². The third-order valence-electron chi connectivity index (χ3n) is 9.70. The lowest BCUT2D eigenvalue weighted by Gasteiger charge is -2.48. The van der Waals surface area contributed by atoms with E-state index in [1.165, 1.54) is 25.3 Å². The third kappa shape index (κ3) is 5.09. The first-order chi connectivity index (χ1) is 21.9. The summed E-state index contributed by atoms with van der Waals surface area (Å²) < 4.78 is 23.2. The number of carbonyl (C=O) groups excluding carboxylic acids is 3. The summed E-state index contributed by atoms with van der Waals surface area (Å²) in [6, 6.07) is 3.75. The van der Waals surface area contributed by atoms with E-state index in [4.69, 9.17) is 24.7 Å². The van der Waals surface area contributed by atoms with E-state index in [2.05, 4.69) is 0 Å². The van der Waals surface area contributed by atoms with Gasteiger partial charge < -0.3 is 50.2 Å². The molecule has 248 valence electrons. The number of rotatable bonds is 7. The van der Waals surface area contributed by atoms with Gasteiger partial charge in [-0.25, -0.2) is 0 Å². The topological polar surface area (TPSA) is 219 Å². The van der Waals surface area contributed by atoms with E-state index in [1.54, 1.807) is 6.92 Å². The van der Waals surface area contributed by atoms with E-state index in [9.17, 15) is 39.9 Å². The van der Waals surface area contributed by atoms with Crippen LogP contribution in [-0.2, 0) is 25.4 Å². The molecule has 0 radical (unpaired) electrons. The van der Waals surface area contributed by atoms with Gasteiger partial charge in [0, 0.05) is 61.1 Å². The van der Waals surface area contributed by atoms with Gasteiger partial charge in [-0.2, -0.15) is 0 Å². The van der Waals surface area contributed by atoms with Gasteiger partial charge in [0.1, 0.15) is 29.5 Å². The molecule has 4 aliphatic rings. The molecule has 0 bridgehead atoms. The molecule has 2 heterocycles. The SMILES string of the molecule is COc1cccc2c1C(=O)c1c(O)c3c(c(O)c1C2=O)C[C@@](O)(C(=O)CO)C[C@@H]3O[C@H]1C[C@H](N2CCOC[C@@H]2CN)[C@H](O)[C@H](C)O1. The summed E-state index contributed by atoms with van der Waals surface area (Å²) in [4.78, 5) is 42.5. The Hall–Kier alpha value is -3.47. The van der Waals surface area contributed by atoms with E-state index in [0.717, 1.165) is 0 Å².